The van der Waals surface area contributed by atoms with Crippen LogP contribution in [0.4, 0.5) is 0 Å². The number of aromatic nitrogens is 2. The molecule has 0 unspecified atom stereocenters. The first kappa shape index (κ1) is 18.5. The highest BCUT2D eigenvalue weighted by Gasteiger charge is 2.25. The van der Waals surface area contributed by atoms with Crippen LogP contribution in [0.15, 0.2) is 30.5 Å². The molecule has 3 heterocycles. The summed E-state index contributed by atoms with van der Waals surface area (Å²) < 4.78 is 12.9. The molecule has 2 aliphatic heterocycles. The smallest absolute Gasteiger partial charge is 0.274 e. The monoisotopic (exact) mass is 384 g/mol. The van der Waals surface area contributed by atoms with Crippen molar-refractivity contribution in [3.05, 3.63) is 47.3 Å². The molecule has 8 nitrogen and oxygen atoms in total. The lowest BCUT2D eigenvalue weighted by Crippen LogP contribution is -2.40. The fourth-order valence-corrected chi connectivity index (χ4v) is 3.46. The van der Waals surface area contributed by atoms with Gasteiger partial charge in [0.15, 0.2) is 0 Å². The Labute approximate surface area is 163 Å². The van der Waals surface area contributed by atoms with E-state index in [9.17, 15) is 9.59 Å². The van der Waals surface area contributed by atoms with Crippen molar-refractivity contribution < 1.29 is 19.1 Å². The first-order chi connectivity index (χ1) is 13.7. The SMILES string of the molecule is CCn1ccc(C(=O)N2CCOc3ccc(C(=O)N4CCOCC4)cc3C2)n1. The van der Waals surface area contributed by atoms with Crippen LogP contribution in [-0.4, -0.2) is 70.8 Å². The van der Waals surface area contributed by atoms with E-state index in [4.69, 9.17) is 9.47 Å². The molecular formula is C20H24N4O4. The van der Waals surface area contributed by atoms with Crippen molar-refractivity contribution in [2.24, 2.45) is 0 Å². The number of rotatable bonds is 3. The van der Waals surface area contributed by atoms with Gasteiger partial charge in [-0.25, -0.2) is 0 Å². The van der Waals surface area contributed by atoms with Gasteiger partial charge < -0.3 is 19.3 Å². The molecule has 4 rings (SSSR count). The number of hydrogen-bond acceptors (Lipinski definition) is 5. The lowest BCUT2D eigenvalue weighted by Gasteiger charge is -2.27. The molecule has 8 heteroatoms. The minimum Gasteiger partial charge on any atom is -0.491 e. The topological polar surface area (TPSA) is 76.9 Å². The molecular weight excluding hydrogens is 360 g/mol. The summed E-state index contributed by atoms with van der Waals surface area (Å²) in [6.45, 7) is 6.27. The van der Waals surface area contributed by atoms with Gasteiger partial charge >= 0.3 is 0 Å². The van der Waals surface area contributed by atoms with E-state index >= 15 is 0 Å². The Kier molecular flexibility index (Phi) is 5.29. The number of ether oxygens (including phenoxy) is 2. The lowest BCUT2D eigenvalue weighted by molar-refractivity contribution is 0.0303. The van der Waals surface area contributed by atoms with Crippen LogP contribution >= 0.6 is 0 Å². The van der Waals surface area contributed by atoms with Gasteiger partial charge in [-0.3, -0.25) is 14.3 Å². The van der Waals surface area contributed by atoms with E-state index in [-0.39, 0.29) is 11.8 Å². The van der Waals surface area contributed by atoms with Crippen LogP contribution in [0, 0.1) is 0 Å². The Bertz CT molecular complexity index is 873. The summed E-state index contributed by atoms with van der Waals surface area (Å²) in [6, 6.07) is 7.18. The molecule has 0 radical (unpaired) electrons. The lowest BCUT2D eigenvalue weighted by atomic mass is 10.1. The van der Waals surface area contributed by atoms with Crippen molar-refractivity contribution >= 4 is 11.8 Å². The van der Waals surface area contributed by atoms with Crippen molar-refractivity contribution in [1.29, 1.82) is 0 Å². The average molecular weight is 384 g/mol. The van der Waals surface area contributed by atoms with E-state index in [0.29, 0.717) is 69.6 Å². The molecule has 1 aromatic heterocycles. The third-order valence-corrected chi connectivity index (χ3v) is 5.06. The summed E-state index contributed by atoms with van der Waals surface area (Å²) in [4.78, 5) is 29.2. The largest absolute Gasteiger partial charge is 0.491 e. The molecule has 2 aliphatic rings. The van der Waals surface area contributed by atoms with Gasteiger partial charge in [0, 0.05) is 43.5 Å². The van der Waals surface area contributed by atoms with Crippen LogP contribution in [0.1, 0.15) is 33.3 Å². The maximum Gasteiger partial charge on any atom is 0.274 e. The number of amides is 2. The second-order valence-corrected chi connectivity index (χ2v) is 6.86. The van der Waals surface area contributed by atoms with Crippen LogP contribution in [0.3, 0.4) is 0 Å². The number of aryl methyl sites for hydroxylation is 1. The summed E-state index contributed by atoms with van der Waals surface area (Å²) in [5.74, 6) is 0.566. The first-order valence-corrected chi connectivity index (χ1v) is 9.61. The maximum absolute atomic E-state index is 12.9. The van der Waals surface area contributed by atoms with Gasteiger partial charge in [0.25, 0.3) is 11.8 Å². The van der Waals surface area contributed by atoms with Gasteiger partial charge in [-0.15, -0.1) is 0 Å². The summed E-state index contributed by atoms with van der Waals surface area (Å²) in [6.07, 6.45) is 1.80. The van der Waals surface area contributed by atoms with Crippen molar-refractivity contribution in [3.8, 4) is 5.75 Å². The third kappa shape index (κ3) is 3.73. The molecule has 0 saturated carbocycles. The van der Waals surface area contributed by atoms with E-state index in [1.165, 1.54) is 0 Å². The Morgan fingerprint density at radius 3 is 2.57 bits per heavy atom. The van der Waals surface area contributed by atoms with Crippen molar-refractivity contribution in [2.75, 3.05) is 39.5 Å². The molecule has 1 aromatic carbocycles. The fourth-order valence-electron chi connectivity index (χ4n) is 3.46. The van der Waals surface area contributed by atoms with Gasteiger partial charge in [0.2, 0.25) is 0 Å². The van der Waals surface area contributed by atoms with Gasteiger partial charge in [0.05, 0.1) is 19.8 Å². The van der Waals surface area contributed by atoms with Crippen LogP contribution in [0.2, 0.25) is 0 Å². The highest BCUT2D eigenvalue weighted by Crippen LogP contribution is 2.26. The fraction of sp³-hybridized carbons (Fsp3) is 0.450. The van der Waals surface area contributed by atoms with Gasteiger partial charge in [-0.1, -0.05) is 0 Å². The highest BCUT2D eigenvalue weighted by molar-refractivity contribution is 5.95. The molecule has 1 saturated heterocycles. The number of fused-ring (bicyclic) bond motifs is 1. The molecule has 0 spiro atoms. The maximum atomic E-state index is 12.9. The molecule has 148 valence electrons. The molecule has 0 atom stereocenters. The van der Waals surface area contributed by atoms with Crippen LogP contribution in [-0.2, 0) is 17.8 Å². The summed E-state index contributed by atoms with van der Waals surface area (Å²) in [5.41, 5.74) is 1.86. The molecule has 2 amide bonds. The van der Waals surface area contributed by atoms with E-state index < -0.39 is 0 Å². The van der Waals surface area contributed by atoms with Crippen molar-refractivity contribution in [1.82, 2.24) is 19.6 Å². The minimum absolute atomic E-state index is 0.0186. The van der Waals surface area contributed by atoms with Gasteiger partial charge in [-0.05, 0) is 31.2 Å². The molecule has 0 N–H and O–H groups in total. The van der Waals surface area contributed by atoms with Crippen molar-refractivity contribution in [3.63, 3.8) is 0 Å². The Balaban J connectivity index is 1.54. The van der Waals surface area contributed by atoms with Gasteiger partial charge in [-0.2, -0.15) is 5.10 Å². The standard InChI is InChI=1S/C20H24N4O4/c1-2-24-6-5-17(21-24)20(26)23-9-12-28-18-4-3-15(13-16(18)14-23)19(25)22-7-10-27-11-8-22/h3-6,13H,2,7-12,14H2,1H3. The number of hydrogen-bond donors (Lipinski definition) is 0. The molecule has 0 aliphatic carbocycles. The summed E-state index contributed by atoms with van der Waals surface area (Å²) >= 11 is 0. The molecule has 28 heavy (non-hydrogen) atoms. The predicted octanol–water partition coefficient (Wildman–Crippen LogP) is 1.41. The molecule has 1 fully saturated rings. The normalized spacial score (nSPS) is 16.9. The van der Waals surface area contributed by atoms with Crippen LogP contribution in [0.25, 0.3) is 0 Å². The summed E-state index contributed by atoms with van der Waals surface area (Å²) in [7, 11) is 0. The second kappa shape index (κ2) is 8.02. The van der Waals surface area contributed by atoms with Crippen molar-refractivity contribution in [2.45, 2.75) is 20.0 Å². The number of nitrogens with zero attached hydrogens (tertiary/aromatic N) is 4. The first-order valence-electron chi connectivity index (χ1n) is 9.61. The predicted molar refractivity (Wildman–Crippen MR) is 101 cm³/mol. The number of carbonyl (C=O) groups is 2. The zero-order chi connectivity index (χ0) is 19.5. The highest BCUT2D eigenvalue weighted by atomic mass is 16.5. The average Bonchev–Trinajstić information content (AvgIpc) is 3.12. The minimum atomic E-state index is -0.131. The van der Waals surface area contributed by atoms with E-state index in [2.05, 4.69) is 5.10 Å². The van der Waals surface area contributed by atoms with E-state index in [1.807, 2.05) is 19.1 Å². The molecule has 2 aromatic rings. The second-order valence-electron chi connectivity index (χ2n) is 6.86. The quantitative estimate of drug-likeness (QED) is 0.800. The zero-order valence-corrected chi connectivity index (χ0v) is 16.0. The number of morpholine rings is 1. The third-order valence-electron chi connectivity index (χ3n) is 5.06. The summed E-state index contributed by atoms with van der Waals surface area (Å²) in [5, 5.41) is 4.31. The van der Waals surface area contributed by atoms with Crippen LogP contribution < -0.4 is 4.74 Å². The zero-order valence-electron chi connectivity index (χ0n) is 16.0. The van der Waals surface area contributed by atoms with Gasteiger partial charge in [0.1, 0.15) is 18.1 Å². The number of carbonyl (C=O) groups excluding carboxylic acids is 2. The van der Waals surface area contributed by atoms with E-state index in [0.717, 1.165) is 5.56 Å². The molecule has 0 bridgehead atoms. The van der Waals surface area contributed by atoms with Crippen LogP contribution in [0.5, 0.6) is 5.75 Å². The Morgan fingerprint density at radius 2 is 1.82 bits per heavy atom. The Morgan fingerprint density at radius 1 is 1.04 bits per heavy atom. The number of benzene rings is 1. The Hall–Kier alpha value is -2.87. The van der Waals surface area contributed by atoms with E-state index in [1.54, 1.807) is 32.8 Å².